The van der Waals surface area contributed by atoms with Crippen molar-refractivity contribution in [2.24, 2.45) is 7.05 Å². The number of imidazole rings is 1. The first kappa shape index (κ1) is 12.6. The topological polar surface area (TPSA) is 63.6 Å². The molecule has 0 saturated carbocycles. The summed E-state index contributed by atoms with van der Waals surface area (Å²) in [5.41, 5.74) is 1.69. The van der Waals surface area contributed by atoms with E-state index in [-0.39, 0.29) is 5.56 Å². The van der Waals surface area contributed by atoms with E-state index in [4.69, 9.17) is 0 Å². The van der Waals surface area contributed by atoms with Crippen LogP contribution in [0, 0.1) is 13.8 Å². The zero-order valence-corrected chi connectivity index (χ0v) is 13.0. The maximum atomic E-state index is 12.2. The summed E-state index contributed by atoms with van der Waals surface area (Å²) in [4.78, 5) is 24.6. The lowest BCUT2D eigenvalue weighted by atomic mass is 10.3. The van der Waals surface area contributed by atoms with E-state index in [9.17, 15) is 4.79 Å². The number of hydrogen-bond acceptors (Lipinski definition) is 4. The predicted octanol–water partition coefficient (Wildman–Crippen LogP) is 2.76. The number of hydrogen-bond donors (Lipinski definition) is 1. The fourth-order valence-electron chi connectivity index (χ4n) is 2.06. The molecule has 0 unspecified atom stereocenters. The Bertz CT molecular complexity index is 845. The normalized spacial score (nSPS) is 11.4. The largest absolute Gasteiger partial charge is 0.331 e. The van der Waals surface area contributed by atoms with Gasteiger partial charge in [0.2, 0.25) is 0 Å². The quantitative estimate of drug-likeness (QED) is 0.741. The molecular weight excluding hydrogens is 328 g/mol. The molecule has 3 heterocycles. The van der Waals surface area contributed by atoms with Gasteiger partial charge in [0.15, 0.2) is 11.6 Å². The fourth-order valence-corrected chi connectivity index (χ4v) is 3.63. The van der Waals surface area contributed by atoms with Crippen LogP contribution in [0.1, 0.15) is 11.3 Å². The van der Waals surface area contributed by atoms with Crippen molar-refractivity contribution in [2.75, 3.05) is 0 Å². The second-order valence-corrected chi connectivity index (χ2v) is 6.73. The third-order valence-corrected chi connectivity index (χ3v) is 5.01. The summed E-state index contributed by atoms with van der Waals surface area (Å²) in [6, 6.07) is 0. The van der Waals surface area contributed by atoms with Crippen molar-refractivity contribution in [3.63, 3.8) is 0 Å². The molecule has 19 heavy (non-hydrogen) atoms. The maximum Gasteiger partial charge on any atom is 0.260 e. The molecule has 0 radical (unpaired) electrons. The van der Waals surface area contributed by atoms with E-state index in [0.717, 1.165) is 19.9 Å². The summed E-state index contributed by atoms with van der Waals surface area (Å²) in [7, 11) is 1.88. The molecule has 1 N–H and O–H groups in total. The Labute approximate surface area is 121 Å². The Morgan fingerprint density at radius 1 is 1.37 bits per heavy atom. The van der Waals surface area contributed by atoms with Gasteiger partial charge in [-0.25, -0.2) is 9.97 Å². The third kappa shape index (κ3) is 1.93. The molecule has 0 bridgehead atoms. The Morgan fingerprint density at radius 2 is 2.11 bits per heavy atom. The van der Waals surface area contributed by atoms with Crippen molar-refractivity contribution >= 4 is 37.5 Å². The van der Waals surface area contributed by atoms with Crippen LogP contribution >= 0.6 is 27.3 Å². The van der Waals surface area contributed by atoms with Crippen LogP contribution < -0.4 is 5.56 Å². The van der Waals surface area contributed by atoms with Gasteiger partial charge in [-0.15, -0.1) is 11.3 Å². The van der Waals surface area contributed by atoms with Gasteiger partial charge < -0.3 is 9.55 Å². The monoisotopic (exact) mass is 338 g/mol. The van der Waals surface area contributed by atoms with Gasteiger partial charge in [-0.05, 0) is 35.3 Å². The van der Waals surface area contributed by atoms with Gasteiger partial charge in [-0.2, -0.15) is 0 Å². The molecule has 0 aliphatic rings. The van der Waals surface area contributed by atoms with Crippen molar-refractivity contribution in [3.8, 4) is 11.6 Å². The zero-order chi connectivity index (χ0) is 13.7. The van der Waals surface area contributed by atoms with Gasteiger partial charge in [0.1, 0.15) is 4.83 Å². The Kier molecular flexibility index (Phi) is 2.83. The van der Waals surface area contributed by atoms with E-state index in [1.807, 2.05) is 31.7 Å². The lowest BCUT2D eigenvalue weighted by molar-refractivity contribution is 0.907. The lowest BCUT2D eigenvalue weighted by Crippen LogP contribution is -2.10. The van der Waals surface area contributed by atoms with Crippen molar-refractivity contribution in [3.05, 3.63) is 31.6 Å². The number of fused-ring (bicyclic) bond motifs is 1. The van der Waals surface area contributed by atoms with Crippen LogP contribution in [0.25, 0.3) is 21.9 Å². The molecule has 0 aliphatic heterocycles. The molecule has 98 valence electrons. The first-order chi connectivity index (χ1) is 8.97. The Hall–Kier alpha value is -1.47. The molecule has 0 atom stereocenters. The van der Waals surface area contributed by atoms with Gasteiger partial charge in [-0.3, -0.25) is 4.79 Å². The number of rotatable bonds is 1. The third-order valence-electron chi connectivity index (χ3n) is 2.95. The van der Waals surface area contributed by atoms with Crippen LogP contribution in [-0.4, -0.2) is 19.5 Å². The minimum absolute atomic E-state index is 0.125. The fraction of sp³-hybridized carbons (Fsp3) is 0.250. The molecular formula is C12H11BrN4OS. The van der Waals surface area contributed by atoms with Crippen LogP contribution in [0.2, 0.25) is 0 Å². The van der Waals surface area contributed by atoms with Gasteiger partial charge in [0.25, 0.3) is 5.56 Å². The highest BCUT2D eigenvalue weighted by atomic mass is 79.9. The molecule has 0 aliphatic carbocycles. The summed E-state index contributed by atoms with van der Waals surface area (Å²) < 4.78 is 2.79. The first-order valence-corrected chi connectivity index (χ1v) is 7.27. The average Bonchev–Trinajstić information content (AvgIpc) is 2.80. The van der Waals surface area contributed by atoms with Crippen molar-refractivity contribution < 1.29 is 0 Å². The highest BCUT2D eigenvalue weighted by Crippen LogP contribution is 2.32. The van der Waals surface area contributed by atoms with Crippen LogP contribution in [0.5, 0.6) is 0 Å². The van der Waals surface area contributed by atoms with Crippen LogP contribution in [0.3, 0.4) is 0 Å². The SMILES string of the molecule is Cc1cn(C)c(-c2nc3sc(Br)c(C)c3c(=O)[nH]2)n1. The summed E-state index contributed by atoms with van der Waals surface area (Å²) in [6.45, 7) is 3.82. The molecule has 3 aromatic heterocycles. The molecule has 0 saturated heterocycles. The van der Waals surface area contributed by atoms with E-state index in [0.29, 0.717) is 17.0 Å². The number of aryl methyl sites for hydroxylation is 3. The molecule has 3 rings (SSSR count). The summed E-state index contributed by atoms with van der Waals surface area (Å²) in [6.07, 6.45) is 1.90. The van der Waals surface area contributed by atoms with E-state index >= 15 is 0 Å². The average molecular weight is 339 g/mol. The van der Waals surface area contributed by atoms with Crippen molar-refractivity contribution in [2.45, 2.75) is 13.8 Å². The van der Waals surface area contributed by atoms with Gasteiger partial charge >= 0.3 is 0 Å². The Morgan fingerprint density at radius 3 is 2.74 bits per heavy atom. The second kappa shape index (κ2) is 4.28. The van der Waals surface area contributed by atoms with E-state index < -0.39 is 0 Å². The summed E-state index contributed by atoms with van der Waals surface area (Å²) >= 11 is 4.91. The second-order valence-electron chi connectivity index (χ2n) is 4.41. The van der Waals surface area contributed by atoms with Crippen LogP contribution in [0.4, 0.5) is 0 Å². The zero-order valence-electron chi connectivity index (χ0n) is 10.6. The molecule has 0 fully saturated rings. The van der Waals surface area contributed by atoms with Gasteiger partial charge in [-0.1, -0.05) is 0 Å². The number of aromatic amines is 1. The molecule has 0 spiro atoms. The smallest absolute Gasteiger partial charge is 0.260 e. The highest BCUT2D eigenvalue weighted by molar-refractivity contribution is 9.11. The molecule has 7 heteroatoms. The maximum absolute atomic E-state index is 12.2. The number of halogens is 1. The van der Waals surface area contributed by atoms with E-state index in [1.54, 1.807) is 0 Å². The van der Waals surface area contributed by atoms with Crippen molar-refractivity contribution in [1.29, 1.82) is 0 Å². The molecule has 5 nitrogen and oxygen atoms in total. The lowest BCUT2D eigenvalue weighted by Gasteiger charge is -2.00. The van der Waals surface area contributed by atoms with Gasteiger partial charge in [0.05, 0.1) is 14.9 Å². The minimum Gasteiger partial charge on any atom is -0.331 e. The predicted molar refractivity (Wildman–Crippen MR) is 79.6 cm³/mol. The molecule has 0 amide bonds. The number of H-pyrrole nitrogens is 1. The summed E-state index contributed by atoms with van der Waals surface area (Å²) in [5.74, 6) is 1.17. The molecule has 0 aromatic carbocycles. The van der Waals surface area contributed by atoms with E-state index in [2.05, 4.69) is 30.9 Å². The highest BCUT2D eigenvalue weighted by Gasteiger charge is 2.15. The standard InChI is InChI=1S/C12H11BrN4OS/c1-5-4-17(3)10(14-5)9-15-11(18)7-6(2)8(13)19-12(7)16-9/h4H,1-3H3,(H,15,16,18). The number of nitrogens with zero attached hydrogens (tertiary/aromatic N) is 3. The number of thiophene rings is 1. The molecule has 3 aromatic rings. The Balaban J connectivity index is 2.33. The van der Waals surface area contributed by atoms with Gasteiger partial charge in [0, 0.05) is 13.2 Å². The number of nitrogens with one attached hydrogen (secondary N) is 1. The van der Waals surface area contributed by atoms with Crippen LogP contribution in [-0.2, 0) is 7.05 Å². The van der Waals surface area contributed by atoms with Crippen LogP contribution in [0.15, 0.2) is 14.8 Å². The van der Waals surface area contributed by atoms with Crippen molar-refractivity contribution in [1.82, 2.24) is 19.5 Å². The minimum atomic E-state index is -0.125. The summed E-state index contributed by atoms with van der Waals surface area (Å²) in [5, 5.41) is 0.645. The number of aromatic nitrogens is 4. The first-order valence-electron chi connectivity index (χ1n) is 5.66. The van der Waals surface area contributed by atoms with E-state index in [1.165, 1.54) is 11.3 Å².